The number of halogens is 2. The van der Waals surface area contributed by atoms with Gasteiger partial charge in [0.25, 0.3) is 5.78 Å². The molecule has 3 atom stereocenters. The normalized spacial score (nSPS) is 25.4. The Morgan fingerprint density at radius 3 is 2.86 bits per heavy atom. The maximum atomic E-state index is 14.2. The van der Waals surface area contributed by atoms with Crippen LogP contribution in [0.25, 0.3) is 5.78 Å². The second kappa shape index (κ2) is 6.56. The molecule has 0 amide bonds. The number of nitrogens with two attached hydrogens (primary N) is 1. The summed E-state index contributed by atoms with van der Waals surface area (Å²) < 4.78 is 29.6. The molecule has 146 valence electrons. The fraction of sp³-hybridized carbons (Fsp3) is 0.450. The van der Waals surface area contributed by atoms with E-state index in [2.05, 4.69) is 20.0 Å². The molecule has 8 heteroatoms. The Morgan fingerprint density at radius 2 is 2.04 bits per heavy atom. The van der Waals surface area contributed by atoms with Crippen LogP contribution in [-0.4, -0.2) is 36.6 Å². The molecule has 5 rings (SSSR count). The summed E-state index contributed by atoms with van der Waals surface area (Å²) in [6.07, 6.45) is 4.28. The first-order valence-corrected chi connectivity index (χ1v) is 9.64. The summed E-state index contributed by atoms with van der Waals surface area (Å²) in [5, 5.41) is 4.46. The second-order valence-electron chi connectivity index (χ2n) is 7.91. The molecule has 1 fully saturated rings. The SMILES string of the molecule is Cc1nc2ncc3c(n2n1)CN([C@H]1CC[C@H](c2cc(F)ccc2F)[C@@H](N)C1)C3. The molecule has 0 saturated heterocycles. The Labute approximate surface area is 161 Å². The van der Waals surface area contributed by atoms with E-state index in [0.29, 0.717) is 23.2 Å². The maximum absolute atomic E-state index is 14.2. The van der Waals surface area contributed by atoms with Gasteiger partial charge >= 0.3 is 0 Å². The van der Waals surface area contributed by atoms with Crippen molar-refractivity contribution in [1.29, 1.82) is 0 Å². The van der Waals surface area contributed by atoms with Gasteiger partial charge in [-0.3, -0.25) is 4.90 Å². The summed E-state index contributed by atoms with van der Waals surface area (Å²) in [6.45, 7) is 3.43. The van der Waals surface area contributed by atoms with Crippen molar-refractivity contribution in [3.63, 3.8) is 0 Å². The lowest BCUT2D eigenvalue weighted by molar-refractivity contribution is 0.136. The van der Waals surface area contributed by atoms with E-state index in [1.165, 1.54) is 12.1 Å². The molecule has 1 aliphatic heterocycles. The van der Waals surface area contributed by atoms with E-state index in [4.69, 9.17) is 5.73 Å². The van der Waals surface area contributed by atoms with Gasteiger partial charge in [0.05, 0.1) is 5.69 Å². The number of nitrogens with zero attached hydrogens (tertiary/aromatic N) is 5. The third kappa shape index (κ3) is 2.87. The zero-order valence-electron chi connectivity index (χ0n) is 15.6. The van der Waals surface area contributed by atoms with Gasteiger partial charge in [0.2, 0.25) is 0 Å². The molecule has 3 aromatic rings. The molecule has 1 aromatic carbocycles. The van der Waals surface area contributed by atoms with E-state index >= 15 is 0 Å². The summed E-state index contributed by atoms with van der Waals surface area (Å²) in [6, 6.07) is 3.73. The molecule has 0 bridgehead atoms. The van der Waals surface area contributed by atoms with E-state index in [-0.39, 0.29) is 17.8 Å². The highest BCUT2D eigenvalue weighted by Crippen LogP contribution is 2.38. The fourth-order valence-electron chi connectivity index (χ4n) is 4.74. The van der Waals surface area contributed by atoms with Gasteiger partial charge in [0.1, 0.15) is 17.5 Å². The van der Waals surface area contributed by atoms with Crippen LogP contribution in [-0.2, 0) is 13.1 Å². The zero-order chi connectivity index (χ0) is 19.4. The summed E-state index contributed by atoms with van der Waals surface area (Å²) in [5.74, 6) is 0.395. The van der Waals surface area contributed by atoms with Crippen LogP contribution in [0.3, 0.4) is 0 Å². The highest BCUT2D eigenvalue weighted by Gasteiger charge is 2.36. The Bertz CT molecular complexity index is 1050. The lowest BCUT2D eigenvalue weighted by Gasteiger charge is -2.38. The van der Waals surface area contributed by atoms with E-state index in [9.17, 15) is 8.78 Å². The van der Waals surface area contributed by atoms with Crippen molar-refractivity contribution in [3.8, 4) is 0 Å². The molecule has 1 aliphatic carbocycles. The molecule has 0 spiro atoms. The van der Waals surface area contributed by atoms with Crippen molar-refractivity contribution in [2.24, 2.45) is 5.73 Å². The predicted octanol–water partition coefficient (Wildman–Crippen LogP) is 2.69. The quantitative estimate of drug-likeness (QED) is 0.736. The van der Waals surface area contributed by atoms with Gasteiger partial charge in [-0.15, -0.1) is 5.10 Å². The van der Waals surface area contributed by atoms with Crippen LogP contribution >= 0.6 is 0 Å². The molecule has 2 aromatic heterocycles. The van der Waals surface area contributed by atoms with Crippen molar-refractivity contribution in [2.75, 3.05) is 0 Å². The summed E-state index contributed by atoms with van der Waals surface area (Å²) in [5.41, 5.74) is 9.11. The number of benzene rings is 1. The number of aromatic nitrogens is 4. The number of aryl methyl sites for hydroxylation is 1. The van der Waals surface area contributed by atoms with Gasteiger partial charge in [-0.1, -0.05) is 0 Å². The van der Waals surface area contributed by atoms with Gasteiger partial charge in [-0.25, -0.2) is 13.8 Å². The third-order valence-electron chi connectivity index (χ3n) is 6.13. The monoisotopic (exact) mass is 384 g/mol. The average molecular weight is 384 g/mol. The van der Waals surface area contributed by atoms with E-state index in [0.717, 1.165) is 49.7 Å². The Balaban J connectivity index is 1.34. The first kappa shape index (κ1) is 17.6. The van der Waals surface area contributed by atoms with Crippen molar-refractivity contribution in [1.82, 2.24) is 24.5 Å². The third-order valence-corrected chi connectivity index (χ3v) is 6.13. The Kier molecular flexibility index (Phi) is 4.13. The van der Waals surface area contributed by atoms with Crippen LogP contribution < -0.4 is 5.73 Å². The number of rotatable bonds is 2. The van der Waals surface area contributed by atoms with Crippen molar-refractivity contribution in [3.05, 3.63) is 58.7 Å². The fourth-order valence-corrected chi connectivity index (χ4v) is 4.74. The minimum Gasteiger partial charge on any atom is -0.327 e. The van der Waals surface area contributed by atoms with Crippen LogP contribution in [0.1, 0.15) is 47.8 Å². The van der Waals surface area contributed by atoms with Gasteiger partial charge in [0.15, 0.2) is 0 Å². The lowest BCUT2D eigenvalue weighted by atomic mass is 9.77. The summed E-state index contributed by atoms with van der Waals surface area (Å²) >= 11 is 0. The zero-order valence-corrected chi connectivity index (χ0v) is 15.6. The highest BCUT2D eigenvalue weighted by molar-refractivity contribution is 5.35. The Morgan fingerprint density at radius 1 is 1.18 bits per heavy atom. The molecule has 0 radical (unpaired) electrons. The summed E-state index contributed by atoms with van der Waals surface area (Å²) in [7, 11) is 0. The van der Waals surface area contributed by atoms with Gasteiger partial charge in [-0.2, -0.15) is 9.50 Å². The molecule has 2 N–H and O–H groups in total. The number of hydrogen-bond acceptors (Lipinski definition) is 5. The van der Waals surface area contributed by atoms with Crippen LogP contribution in [0.5, 0.6) is 0 Å². The average Bonchev–Trinajstić information content (AvgIpc) is 3.26. The smallest absolute Gasteiger partial charge is 0.252 e. The largest absolute Gasteiger partial charge is 0.327 e. The van der Waals surface area contributed by atoms with E-state index in [1.54, 1.807) is 0 Å². The topological polar surface area (TPSA) is 72.3 Å². The molecule has 0 unspecified atom stereocenters. The van der Waals surface area contributed by atoms with E-state index in [1.807, 2.05) is 17.6 Å². The van der Waals surface area contributed by atoms with Crippen LogP contribution in [0.15, 0.2) is 24.4 Å². The van der Waals surface area contributed by atoms with Crippen molar-refractivity contribution >= 4 is 5.78 Å². The molecule has 28 heavy (non-hydrogen) atoms. The first-order chi connectivity index (χ1) is 13.5. The second-order valence-corrected chi connectivity index (χ2v) is 7.91. The van der Waals surface area contributed by atoms with Crippen molar-refractivity contribution < 1.29 is 8.78 Å². The molecule has 6 nitrogen and oxygen atoms in total. The highest BCUT2D eigenvalue weighted by atomic mass is 19.1. The van der Waals surface area contributed by atoms with Crippen LogP contribution in [0.2, 0.25) is 0 Å². The van der Waals surface area contributed by atoms with Crippen LogP contribution in [0, 0.1) is 18.6 Å². The minimum atomic E-state index is -0.416. The van der Waals surface area contributed by atoms with E-state index < -0.39 is 5.82 Å². The first-order valence-electron chi connectivity index (χ1n) is 9.64. The standard InChI is InChI=1S/C20H22F2N6/c1-11-25-20-24-8-12-9-27(10-19(12)28(20)26-11)14-3-4-15(18(23)7-14)16-6-13(21)2-5-17(16)22/h2,5-6,8,14-15,18H,3-4,7,9-10,23H2,1H3/t14-,15+,18-/m0/s1. The number of hydrogen-bond donors (Lipinski definition) is 1. The van der Waals surface area contributed by atoms with Gasteiger partial charge in [0, 0.05) is 42.9 Å². The number of fused-ring (bicyclic) bond motifs is 3. The van der Waals surface area contributed by atoms with Crippen molar-refractivity contribution in [2.45, 2.75) is 57.3 Å². The molecular formula is C20H22F2N6. The Hall–Kier alpha value is -2.45. The molecule has 2 aliphatic rings. The maximum Gasteiger partial charge on any atom is 0.252 e. The lowest BCUT2D eigenvalue weighted by Crippen LogP contribution is -2.44. The van der Waals surface area contributed by atoms with Gasteiger partial charge < -0.3 is 5.73 Å². The van der Waals surface area contributed by atoms with Crippen LogP contribution in [0.4, 0.5) is 8.78 Å². The predicted molar refractivity (Wildman–Crippen MR) is 99.5 cm³/mol. The molecular weight excluding hydrogens is 362 g/mol. The molecule has 3 heterocycles. The minimum absolute atomic E-state index is 0.150. The van der Waals surface area contributed by atoms with Gasteiger partial charge in [-0.05, 0) is 49.9 Å². The summed E-state index contributed by atoms with van der Waals surface area (Å²) in [4.78, 5) is 11.1. The molecule has 1 saturated carbocycles.